The summed E-state index contributed by atoms with van der Waals surface area (Å²) >= 11 is 0. The second-order valence-electron chi connectivity index (χ2n) is 6.29. The van der Waals surface area contributed by atoms with Crippen molar-refractivity contribution < 1.29 is 4.74 Å². The Kier molecular flexibility index (Phi) is 3.97. The standard InChI is InChI=1S/C20H21N5O/c1-12(21)13-8-9-19(15-7-5-4-6-14(13)15)25-23-16-10-18(22-2)20(26-3)11-17(16)24-25/h4-12,22H,21H2,1-3H3/t12-/m0/s1. The topological polar surface area (TPSA) is 78.0 Å². The molecule has 0 saturated carbocycles. The lowest BCUT2D eigenvalue weighted by molar-refractivity contribution is 0.417. The summed E-state index contributed by atoms with van der Waals surface area (Å²) in [7, 11) is 3.50. The molecule has 6 heteroatoms. The minimum atomic E-state index is -0.0407. The highest BCUT2D eigenvalue weighted by Crippen LogP contribution is 2.31. The average molecular weight is 347 g/mol. The molecule has 26 heavy (non-hydrogen) atoms. The van der Waals surface area contributed by atoms with Gasteiger partial charge in [-0.3, -0.25) is 0 Å². The molecule has 4 aromatic rings. The van der Waals surface area contributed by atoms with E-state index in [0.717, 1.165) is 44.5 Å². The Morgan fingerprint density at radius 3 is 2.38 bits per heavy atom. The SMILES string of the molecule is CNc1cc2nn(-c3ccc([C@H](C)N)c4ccccc34)nc2cc1OC. The molecule has 3 aromatic carbocycles. The fourth-order valence-electron chi connectivity index (χ4n) is 3.29. The number of anilines is 1. The summed E-state index contributed by atoms with van der Waals surface area (Å²) in [6.07, 6.45) is 0. The third-order valence-corrected chi connectivity index (χ3v) is 4.61. The number of fused-ring (bicyclic) bond motifs is 2. The number of hydrogen-bond donors (Lipinski definition) is 2. The number of nitrogens with zero attached hydrogens (tertiary/aromatic N) is 3. The van der Waals surface area contributed by atoms with Gasteiger partial charge in [0.25, 0.3) is 0 Å². The molecule has 0 bridgehead atoms. The molecule has 0 spiro atoms. The molecule has 0 aliphatic rings. The molecule has 0 amide bonds. The van der Waals surface area contributed by atoms with Gasteiger partial charge in [-0.15, -0.1) is 15.0 Å². The second-order valence-corrected chi connectivity index (χ2v) is 6.29. The first-order valence-corrected chi connectivity index (χ1v) is 8.53. The van der Waals surface area contributed by atoms with Crippen LogP contribution in [0, 0.1) is 0 Å². The highest BCUT2D eigenvalue weighted by molar-refractivity contribution is 5.93. The molecular weight excluding hydrogens is 326 g/mol. The van der Waals surface area contributed by atoms with Gasteiger partial charge in [0.05, 0.1) is 18.5 Å². The van der Waals surface area contributed by atoms with Gasteiger partial charge in [-0.1, -0.05) is 30.3 Å². The van der Waals surface area contributed by atoms with E-state index in [2.05, 4.69) is 33.7 Å². The highest BCUT2D eigenvalue weighted by atomic mass is 16.5. The van der Waals surface area contributed by atoms with E-state index >= 15 is 0 Å². The number of nitrogens with one attached hydrogen (secondary N) is 1. The van der Waals surface area contributed by atoms with Crippen molar-refractivity contribution in [3.05, 3.63) is 54.1 Å². The Morgan fingerprint density at radius 1 is 1.04 bits per heavy atom. The lowest BCUT2D eigenvalue weighted by Gasteiger charge is -2.12. The van der Waals surface area contributed by atoms with Gasteiger partial charge in [0.2, 0.25) is 0 Å². The van der Waals surface area contributed by atoms with Gasteiger partial charge in [0.1, 0.15) is 16.8 Å². The smallest absolute Gasteiger partial charge is 0.144 e. The van der Waals surface area contributed by atoms with Crippen molar-refractivity contribution in [3.8, 4) is 11.4 Å². The van der Waals surface area contributed by atoms with Crippen LogP contribution in [0.2, 0.25) is 0 Å². The van der Waals surface area contributed by atoms with E-state index in [0.29, 0.717) is 0 Å². The van der Waals surface area contributed by atoms with E-state index < -0.39 is 0 Å². The molecule has 0 aliphatic heterocycles. The number of rotatable bonds is 4. The number of ether oxygens (including phenoxy) is 1. The molecule has 0 aliphatic carbocycles. The van der Waals surface area contributed by atoms with Crippen LogP contribution in [-0.2, 0) is 0 Å². The second kappa shape index (κ2) is 6.31. The predicted octanol–water partition coefficient (Wildman–Crippen LogP) is 3.64. The normalized spacial score (nSPS) is 12.5. The van der Waals surface area contributed by atoms with Crippen molar-refractivity contribution in [1.29, 1.82) is 0 Å². The summed E-state index contributed by atoms with van der Waals surface area (Å²) in [6, 6.07) is 16.1. The summed E-state index contributed by atoms with van der Waals surface area (Å²) in [5.74, 6) is 0.740. The molecule has 0 radical (unpaired) electrons. The maximum absolute atomic E-state index is 6.13. The van der Waals surface area contributed by atoms with Gasteiger partial charge in [0.15, 0.2) is 0 Å². The minimum absolute atomic E-state index is 0.0407. The Bertz CT molecular complexity index is 1060. The van der Waals surface area contributed by atoms with E-state index in [4.69, 9.17) is 10.5 Å². The van der Waals surface area contributed by atoms with Crippen molar-refractivity contribution in [1.82, 2.24) is 15.0 Å². The largest absolute Gasteiger partial charge is 0.495 e. The molecule has 6 nitrogen and oxygen atoms in total. The number of nitrogens with two attached hydrogens (primary N) is 1. The number of aromatic nitrogens is 3. The minimum Gasteiger partial charge on any atom is -0.495 e. The zero-order valence-corrected chi connectivity index (χ0v) is 15.0. The maximum Gasteiger partial charge on any atom is 0.144 e. The van der Waals surface area contributed by atoms with E-state index in [9.17, 15) is 0 Å². The Labute approximate surface area is 151 Å². The van der Waals surface area contributed by atoms with Crippen LogP contribution in [0.15, 0.2) is 48.5 Å². The zero-order valence-electron chi connectivity index (χ0n) is 15.0. The first-order chi connectivity index (χ1) is 12.6. The number of hydrogen-bond acceptors (Lipinski definition) is 5. The summed E-state index contributed by atoms with van der Waals surface area (Å²) in [5.41, 5.74) is 10.6. The first-order valence-electron chi connectivity index (χ1n) is 8.53. The van der Waals surface area contributed by atoms with Crippen LogP contribution in [0.1, 0.15) is 18.5 Å². The third-order valence-electron chi connectivity index (χ3n) is 4.61. The van der Waals surface area contributed by atoms with Gasteiger partial charge >= 0.3 is 0 Å². The van der Waals surface area contributed by atoms with E-state index in [1.54, 1.807) is 11.9 Å². The molecule has 1 aromatic heterocycles. The van der Waals surface area contributed by atoms with Gasteiger partial charge in [-0.25, -0.2) is 0 Å². The Balaban J connectivity index is 1.94. The summed E-state index contributed by atoms with van der Waals surface area (Å²) in [5, 5.41) is 14.6. The van der Waals surface area contributed by atoms with Gasteiger partial charge in [-0.2, -0.15) is 0 Å². The number of benzene rings is 3. The lowest BCUT2D eigenvalue weighted by Crippen LogP contribution is -2.07. The van der Waals surface area contributed by atoms with Crippen molar-refractivity contribution in [2.24, 2.45) is 5.73 Å². The van der Waals surface area contributed by atoms with Crippen LogP contribution < -0.4 is 15.8 Å². The molecule has 1 heterocycles. The molecular formula is C20H21N5O. The van der Waals surface area contributed by atoms with E-state index in [1.165, 1.54) is 0 Å². The van der Waals surface area contributed by atoms with Crippen molar-refractivity contribution in [2.45, 2.75) is 13.0 Å². The molecule has 3 N–H and O–H groups in total. The average Bonchev–Trinajstić information content (AvgIpc) is 3.08. The van der Waals surface area contributed by atoms with Crippen molar-refractivity contribution >= 4 is 27.5 Å². The fourth-order valence-corrected chi connectivity index (χ4v) is 3.29. The van der Waals surface area contributed by atoms with Crippen LogP contribution in [0.3, 0.4) is 0 Å². The Hall–Kier alpha value is -3.12. The van der Waals surface area contributed by atoms with Crippen LogP contribution in [0.5, 0.6) is 5.75 Å². The van der Waals surface area contributed by atoms with E-state index in [1.807, 2.05) is 44.3 Å². The van der Waals surface area contributed by atoms with Crippen LogP contribution in [0.4, 0.5) is 5.69 Å². The van der Waals surface area contributed by atoms with Crippen molar-refractivity contribution in [3.63, 3.8) is 0 Å². The van der Waals surface area contributed by atoms with Gasteiger partial charge in [0, 0.05) is 24.5 Å². The van der Waals surface area contributed by atoms with Crippen LogP contribution in [-0.4, -0.2) is 29.2 Å². The third kappa shape index (κ3) is 2.55. The summed E-state index contributed by atoms with van der Waals surface area (Å²) in [6.45, 7) is 1.99. The van der Waals surface area contributed by atoms with Crippen LogP contribution in [0.25, 0.3) is 27.5 Å². The lowest BCUT2D eigenvalue weighted by atomic mass is 9.99. The summed E-state index contributed by atoms with van der Waals surface area (Å²) < 4.78 is 5.42. The van der Waals surface area contributed by atoms with Crippen molar-refractivity contribution in [2.75, 3.05) is 19.5 Å². The predicted molar refractivity (Wildman–Crippen MR) is 105 cm³/mol. The molecule has 0 unspecified atom stereocenters. The molecule has 1 atom stereocenters. The number of methoxy groups -OCH3 is 1. The maximum atomic E-state index is 6.13. The van der Waals surface area contributed by atoms with Gasteiger partial charge < -0.3 is 15.8 Å². The quantitative estimate of drug-likeness (QED) is 0.589. The van der Waals surface area contributed by atoms with Crippen LogP contribution >= 0.6 is 0 Å². The highest BCUT2D eigenvalue weighted by Gasteiger charge is 2.14. The molecule has 4 rings (SSSR count). The zero-order chi connectivity index (χ0) is 18.3. The molecule has 0 fully saturated rings. The first kappa shape index (κ1) is 16.4. The van der Waals surface area contributed by atoms with Gasteiger partial charge in [-0.05, 0) is 30.0 Å². The molecule has 0 saturated heterocycles. The fraction of sp³-hybridized carbons (Fsp3) is 0.200. The summed E-state index contributed by atoms with van der Waals surface area (Å²) in [4.78, 5) is 1.68. The van der Waals surface area contributed by atoms with E-state index in [-0.39, 0.29) is 6.04 Å². The Morgan fingerprint density at radius 2 is 1.73 bits per heavy atom. The monoisotopic (exact) mass is 347 g/mol. The molecule has 132 valence electrons.